The van der Waals surface area contributed by atoms with Gasteiger partial charge in [-0.25, -0.2) is 0 Å². The summed E-state index contributed by atoms with van der Waals surface area (Å²) in [6, 6.07) is 9.00. The van der Waals surface area contributed by atoms with Crippen molar-refractivity contribution in [2.75, 3.05) is 18.5 Å². The monoisotopic (exact) mass is 370 g/mol. The fraction of sp³-hybridized carbons (Fsp3) is 0.429. The van der Waals surface area contributed by atoms with Crippen molar-refractivity contribution >= 4 is 17.4 Å². The molecule has 2 aromatic rings. The molecule has 1 aliphatic heterocycles. The zero-order valence-electron chi connectivity index (χ0n) is 16.1. The van der Waals surface area contributed by atoms with Crippen LogP contribution in [0.25, 0.3) is 0 Å². The SMILES string of the molecule is CC(=O)Nc1ccccc1OCC(=O)c1cc(C)n(C[C@H]2CCCO2)c1C. The molecule has 0 unspecified atom stereocenters. The molecule has 1 saturated heterocycles. The summed E-state index contributed by atoms with van der Waals surface area (Å²) in [6.07, 6.45) is 2.37. The van der Waals surface area contributed by atoms with Crippen molar-refractivity contribution in [3.63, 3.8) is 0 Å². The van der Waals surface area contributed by atoms with Gasteiger partial charge in [0.05, 0.1) is 11.8 Å². The Bertz CT molecular complexity index is 835. The Morgan fingerprint density at radius 1 is 1.30 bits per heavy atom. The fourth-order valence-electron chi connectivity index (χ4n) is 3.46. The van der Waals surface area contributed by atoms with E-state index in [-0.39, 0.29) is 24.4 Å². The Morgan fingerprint density at radius 3 is 2.78 bits per heavy atom. The van der Waals surface area contributed by atoms with Crippen LogP contribution in [-0.2, 0) is 16.1 Å². The predicted molar refractivity (Wildman–Crippen MR) is 103 cm³/mol. The first kappa shape index (κ1) is 19.2. The van der Waals surface area contributed by atoms with Crippen molar-refractivity contribution in [1.82, 2.24) is 4.57 Å². The Hall–Kier alpha value is -2.60. The van der Waals surface area contributed by atoms with Gasteiger partial charge in [0.25, 0.3) is 0 Å². The third-order valence-corrected chi connectivity index (χ3v) is 4.84. The number of nitrogens with one attached hydrogen (secondary N) is 1. The van der Waals surface area contributed by atoms with Crippen molar-refractivity contribution in [1.29, 1.82) is 0 Å². The first-order chi connectivity index (χ1) is 13.0. The van der Waals surface area contributed by atoms with Crippen molar-refractivity contribution in [3.05, 3.63) is 47.3 Å². The van der Waals surface area contributed by atoms with E-state index in [1.807, 2.05) is 19.9 Å². The number of para-hydroxylation sites is 2. The molecule has 1 N–H and O–H groups in total. The average Bonchev–Trinajstić information content (AvgIpc) is 3.24. The lowest BCUT2D eigenvalue weighted by Crippen LogP contribution is -2.18. The summed E-state index contributed by atoms with van der Waals surface area (Å²) in [5, 5.41) is 2.71. The molecule has 0 spiro atoms. The zero-order valence-corrected chi connectivity index (χ0v) is 16.1. The van der Waals surface area contributed by atoms with Gasteiger partial charge in [-0.05, 0) is 44.9 Å². The lowest BCUT2D eigenvalue weighted by molar-refractivity contribution is -0.114. The van der Waals surface area contributed by atoms with Crippen molar-refractivity contribution in [2.45, 2.75) is 46.3 Å². The van der Waals surface area contributed by atoms with Crippen molar-refractivity contribution in [2.24, 2.45) is 0 Å². The molecular formula is C21H26N2O4. The van der Waals surface area contributed by atoms with Gasteiger partial charge in [-0.3, -0.25) is 9.59 Å². The number of benzene rings is 1. The molecule has 1 aromatic heterocycles. The van der Waals surface area contributed by atoms with Gasteiger partial charge in [0, 0.05) is 37.0 Å². The molecule has 0 aliphatic carbocycles. The van der Waals surface area contributed by atoms with E-state index >= 15 is 0 Å². The maximum absolute atomic E-state index is 12.7. The quantitative estimate of drug-likeness (QED) is 0.758. The molecule has 0 radical (unpaired) electrons. The molecule has 144 valence electrons. The van der Waals surface area contributed by atoms with Gasteiger partial charge < -0.3 is 19.4 Å². The Balaban J connectivity index is 1.69. The zero-order chi connectivity index (χ0) is 19.4. The molecule has 6 heteroatoms. The summed E-state index contributed by atoms with van der Waals surface area (Å²) in [7, 11) is 0. The van der Waals surface area contributed by atoms with Crippen LogP contribution in [-0.4, -0.2) is 35.6 Å². The van der Waals surface area contributed by atoms with Gasteiger partial charge in [-0.1, -0.05) is 12.1 Å². The van der Waals surface area contributed by atoms with E-state index in [2.05, 4.69) is 9.88 Å². The third kappa shape index (κ3) is 4.57. The summed E-state index contributed by atoms with van der Waals surface area (Å²) in [4.78, 5) is 24.0. The van der Waals surface area contributed by atoms with E-state index < -0.39 is 0 Å². The van der Waals surface area contributed by atoms with Crippen LogP contribution in [0.4, 0.5) is 5.69 Å². The number of nitrogens with zero attached hydrogens (tertiary/aromatic N) is 1. The molecule has 0 saturated carbocycles. The van der Waals surface area contributed by atoms with Gasteiger partial charge in [0.2, 0.25) is 11.7 Å². The van der Waals surface area contributed by atoms with Gasteiger partial charge >= 0.3 is 0 Å². The van der Waals surface area contributed by atoms with Crippen molar-refractivity contribution < 1.29 is 19.1 Å². The van der Waals surface area contributed by atoms with Gasteiger partial charge in [0.15, 0.2) is 6.61 Å². The van der Waals surface area contributed by atoms with E-state index in [1.165, 1.54) is 6.92 Å². The fourth-order valence-corrected chi connectivity index (χ4v) is 3.46. The summed E-state index contributed by atoms with van der Waals surface area (Å²) < 4.78 is 13.6. The number of hydrogen-bond donors (Lipinski definition) is 1. The number of hydrogen-bond acceptors (Lipinski definition) is 4. The van der Waals surface area contributed by atoms with Gasteiger partial charge in [-0.15, -0.1) is 0 Å². The maximum atomic E-state index is 12.7. The van der Waals surface area contributed by atoms with E-state index in [0.29, 0.717) is 17.0 Å². The standard InChI is InChI=1S/C21H26N2O4/c1-14-11-18(15(2)23(14)12-17-7-6-10-26-17)20(25)13-27-21-9-5-4-8-19(21)22-16(3)24/h4-5,8-9,11,17H,6-7,10,12-13H2,1-3H3,(H,22,24)/t17-/m1/s1. The van der Waals surface area contributed by atoms with E-state index in [1.54, 1.807) is 24.3 Å². The lowest BCUT2D eigenvalue weighted by atomic mass is 10.1. The highest BCUT2D eigenvalue weighted by molar-refractivity contribution is 5.98. The Kier molecular flexibility index (Phi) is 5.96. The van der Waals surface area contributed by atoms with Crippen LogP contribution in [0, 0.1) is 13.8 Å². The second-order valence-electron chi connectivity index (χ2n) is 6.92. The normalized spacial score (nSPS) is 16.3. The van der Waals surface area contributed by atoms with Crippen LogP contribution in [0.2, 0.25) is 0 Å². The predicted octanol–water partition coefficient (Wildman–Crippen LogP) is 3.50. The second kappa shape index (κ2) is 8.39. The van der Waals surface area contributed by atoms with Crippen LogP contribution < -0.4 is 10.1 Å². The molecule has 1 aromatic carbocycles. The molecule has 1 atom stereocenters. The summed E-state index contributed by atoms with van der Waals surface area (Å²) in [6.45, 7) is 6.91. The van der Waals surface area contributed by atoms with Crippen molar-refractivity contribution in [3.8, 4) is 5.75 Å². The number of ether oxygens (including phenoxy) is 2. The molecule has 1 aliphatic rings. The number of rotatable bonds is 7. The summed E-state index contributed by atoms with van der Waals surface area (Å²) in [5.74, 6) is 0.212. The number of Topliss-reactive ketones (excluding diaryl/α,β-unsaturated/α-hetero) is 1. The molecular weight excluding hydrogens is 344 g/mol. The molecule has 0 bridgehead atoms. The first-order valence-corrected chi connectivity index (χ1v) is 9.26. The number of carbonyl (C=O) groups excluding carboxylic acids is 2. The number of anilines is 1. The van der Waals surface area contributed by atoms with Crippen LogP contribution in [0.15, 0.2) is 30.3 Å². The number of amides is 1. The number of aromatic nitrogens is 1. The average molecular weight is 370 g/mol. The van der Waals surface area contributed by atoms with Crippen LogP contribution in [0.1, 0.15) is 41.5 Å². The topological polar surface area (TPSA) is 69.6 Å². The van der Waals surface area contributed by atoms with E-state index in [9.17, 15) is 9.59 Å². The minimum Gasteiger partial charge on any atom is -0.483 e. The third-order valence-electron chi connectivity index (χ3n) is 4.84. The lowest BCUT2D eigenvalue weighted by Gasteiger charge is -2.15. The van der Waals surface area contributed by atoms with Gasteiger partial charge in [-0.2, -0.15) is 0 Å². The Morgan fingerprint density at radius 2 is 2.07 bits per heavy atom. The summed E-state index contributed by atoms with van der Waals surface area (Å²) in [5.41, 5.74) is 3.21. The molecule has 6 nitrogen and oxygen atoms in total. The highest BCUT2D eigenvalue weighted by Crippen LogP contribution is 2.25. The molecule has 1 fully saturated rings. The molecule has 1 amide bonds. The van der Waals surface area contributed by atoms with E-state index in [0.717, 1.165) is 37.4 Å². The number of ketones is 1. The maximum Gasteiger partial charge on any atom is 0.221 e. The van der Waals surface area contributed by atoms with E-state index in [4.69, 9.17) is 9.47 Å². The van der Waals surface area contributed by atoms with Crippen LogP contribution >= 0.6 is 0 Å². The van der Waals surface area contributed by atoms with Crippen LogP contribution in [0.3, 0.4) is 0 Å². The smallest absolute Gasteiger partial charge is 0.221 e. The van der Waals surface area contributed by atoms with Crippen LogP contribution in [0.5, 0.6) is 5.75 Å². The minimum absolute atomic E-state index is 0.0825. The number of carbonyl (C=O) groups is 2. The molecule has 27 heavy (non-hydrogen) atoms. The summed E-state index contributed by atoms with van der Waals surface area (Å²) >= 11 is 0. The first-order valence-electron chi connectivity index (χ1n) is 9.26. The minimum atomic E-state index is -0.185. The largest absolute Gasteiger partial charge is 0.483 e. The highest BCUT2D eigenvalue weighted by Gasteiger charge is 2.21. The Labute approximate surface area is 159 Å². The second-order valence-corrected chi connectivity index (χ2v) is 6.92. The number of aryl methyl sites for hydroxylation is 1. The molecule has 2 heterocycles. The molecule has 3 rings (SSSR count). The van der Waals surface area contributed by atoms with Gasteiger partial charge in [0.1, 0.15) is 5.75 Å². The highest BCUT2D eigenvalue weighted by atomic mass is 16.5.